The summed E-state index contributed by atoms with van der Waals surface area (Å²) in [5, 5.41) is 2.73. The van der Waals surface area contributed by atoms with E-state index in [2.05, 4.69) is 5.32 Å². The van der Waals surface area contributed by atoms with Gasteiger partial charge in [0.15, 0.2) is 0 Å². The topological polar surface area (TPSA) is 47.6 Å². The molecule has 2 aliphatic heterocycles. The Labute approximate surface area is 77.6 Å². The summed E-state index contributed by atoms with van der Waals surface area (Å²) in [6.45, 7) is 3.06. The minimum Gasteiger partial charge on any atom is -0.449 e. The summed E-state index contributed by atoms with van der Waals surface area (Å²) in [6, 6.07) is 0. The van der Waals surface area contributed by atoms with Gasteiger partial charge in [-0.3, -0.25) is 0 Å². The number of hydrogen-bond acceptors (Lipinski definition) is 3. The van der Waals surface area contributed by atoms with Gasteiger partial charge in [0, 0.05) is 25.7 Å². The molecule has 1 amide bonds. The van der Waals surface area contributed by atoms with Crippen molar-refractivity contribution in [1.82, 2.24) is 5.32 Å². The van der Waals surface area contributed by atoms with Crippen molar-refractivity contribution in [3.63, 3.8) is 0 Å². The Morgan fingerprint density at radius 2 is 2.00 bits per heavy atom. The molecule has 2 aliphatic rings. The molecule has 2 saturated heterocycles. The molecule has 2 heterocycles. The molecule has 13 heavy (non-hydrogen) atoms. The minimum atomic E-state index is -0.275. The predicted molar refractivity (Wildman–Crippen MR) is 46.4 cm³/mol. The summed E-state index contributed by atoms with van der Waals surface area (Å²) in [4.78, 5) is 10.7. The van der Waals surface area contributed by atoms with E-state index < -0.39 is 0 Å². The smallest absolute Gasteiger partial charge is 0.407 e. The molecule has 4 heteroatoms. The third kappa shape index (κ3) is 2.12. The quantitative estimate of drug-likeness (QED) is 0.656. The van der Waals surface area contributed by atoms with Crippen LogP contribution in [0.15, 0.2) is 0 Å². The van der Waals surface area contributed by atoms with Gasteiger partial charge >= 0.3 is 6.09 Å². The summed E-state index contributed by atoms with van der Waals surface area (Å²) < 4.78 is 10.2. The number of alkyl carbamates (subject to hydrolysis) is 1. The van der Waals surface area contributed by atoms with Crippen LogP contribution < -0.4 is 5.32 Å². The second-order valence-corrected chi connectivity index (χ2v) is 3.69. The van der Waals surface area contributed by atoms with Crippen molar-refractivity contribution in [2.45, 2.75) is 12.8 Å². The summed E-state index contributed by atoms with van der Waals surface area (Å²) >= 11 is 0. The van der Waals surface area contributed by atoms with Crippen molar-refractivity contribution in [3.05, 3.63) is 0 Å². The van der Waals surface area contributed by atoms with E-state index in [1.807, 2.05) is 0 Å². The van der Waals surface area contributed by atoms with Gasteiger partial charge in [-0.2, -0.15) is 0 Å². The van der Waals surface area contributed by atoms with Crippen LogP contribution in [0.2, 0.25) is 0 Å². The number of amides is 1. The molecular weight excluding hydrogens is 170 g/mol. The fourth-order valence-corrected chi connectivity index (χ4v) is 2.00. The second kappa shape index (κ2) is 3.96. The highest BCUT2D eigenvalue weighted by atomic mass is 16.6. The van der Waals surface area contributed by atoms with Crippen molar-refractivity contribution in [1.29, 1.82) is 0 Å². The Balaban J connectivity index is 1.82. The largest absolute Gasteiger partial charge is 0.449 e. The molecule has 2 fully saturated rings. The minimum absolute atomic E-state index is 0.275. The first-order chi connectivity index (χ1) is 6.36. The third-order valence-electron chi connectivity index (χ3n) is 2.87. The third-order valence-corrected chi connectivity index (χ3v) is 2.87. The van der Waals surface area contributed by atoms with Crippen LogP contribution >= 0.6 is 0 Å². The van der Waals surface area contributed by atoms with Gasteiger partial charge in [-0.15, -0.1) is 0 Å². The van der Waals surface area contributed by atoms with Crippen LogP contribution in [0.1, 0.15) is 12.8 Å². The molecule has 0 saturated carbocycles. The molecule has 1 N–H and O–H groups in total. The summed E-state index contributed by atoms with van der Waals surface area (Å²) in [5.74, 6) is 1.15. The fraction of sp³-hybridized carbons (Fsp3) is 0.889. The van der Waals surface area contributed by atoms with Gasteiger partial charge in [0.25, 0.3) is 0 Å². The highest BCUT2D eigenvalue weighted by Gasteiger charge is 2.28. The van der Waals surface area contributed by atoms with Crippen molar-refractivity contribution in [2.24, 2.45) is 11.8 Å². The number of ether oxygens (including phenoxy) is 2. The maximum atomic E-state index is 10.7. The molecule has 0 spiro atoms. The van der Waals surface area contributed by atoms with Crippen molar-refractivity contribution >= 4 is 6.09 Å². The lowest BCUT2D eigenvalue weighted by Gasteiger charge is -2.32. The van der Waals surface area contributed by atoms with Crippen molar-refractivity contribution in [2.75, 3.05) is 26.4 Å². The normalized spacial score (nSPS) is 30.8. The monoisotopic (exact) mass is 185 g/mol. The SMILES string of the molecule is O=C1NCC(C2CCOCC2)CO1. The summed E-state index contributed by atoms with van der Waals surface area (Å²) in [7, 11) is 0. The molecule has 0 aromatic heterocycles. The zero-order chi connectivity index (χ0) is 9.10. The van der Waals surface area contributed by atoms with Crippen LogP contribution in [0.25, 0.3) is 0 Å². The molecule has 1 unspecified atom stereocenters. The van der Waals surface area contributed by atoms with Gasteiger partial charge in [-0.25, -0.2) is 4.79 Å². The highest BCUT2D eigenvalue weighted by Crippen LogP contribution is 2.24. The lowest BCUT2D eigenvalue weighted by molar-refractivity contribution is 0.0188. The number of nitrogens with one attached hydrogen (secondary N) is 1. The molecule has 0 aromatic carbocycles. The zero-order valence-electron chi connectivity index (χ0n) is 7.62. The molecule has 0 aromatic rings. The molecule has 2 rings (SSSR count). The molecule has 1 atom stereocenters. The predicted octanol–water partition coefficient (Wildman–Crippen LogP) is 0.769. The van der Waals surface area contributed by atoms with Gasteiger partial charge in [0.05, 0.1) is 6.61 Å². The molecule has 0 aliphatic carbocycles. The average molecular weight is 185 g/mol. The number of carbonyl (C=O) groups is 1. The summed E-state index contributed by atoms with van der Waals surface area (Å²) in [5.41, 5.74) is 0. The fourth-order valence-electron chi connectivity index (χ4n) is 2.00. The molecule has 4 nitrogen and oxygen atoms in total. The van der Waals surface area contributed by atoms with Crippen molar-refractivity contribution in [3.8, 4) is 0 Å². The van der Waals surface area contributed by atoms with E-state index in [0.29, 0.717) is 18.4 Å². The summed E-state index contributed by atoms with van der Waals surface area (Å²) in [6.07, 6.45) is 1.93. The van der Waals surface area contributed by atoms with E-state index in [1.54, 1.807) is 0 Å². The molecule has 0 bridgehead atoms. The van der Waals surface area contributed by atoms with Crippen molar-refractivity contribution < 1.29 is 14.3 Å². The Bertz CT molecular complexity index is 179. The molecule has 74 valence electrons. The Morgan fingerprint density at radius 3 is 2.62 bits per heavy atom. The van der Waals surface area contributed by atoms with Crippen LogP contribution in [0.4, 0.5) is 4.79 Å². The average Bonchev–Trinajstić information content (AvgIpc) is 2.20. The number of carbonyl (C=O) groups excluding carboxylic acids is 1. The van der Waals surface area contributed by atoms with Gasteiger partial charge in [0.2, 0.25) is 0 Å². The first-order valence-electron chi connectivity index (χ1n) is 4.84. The van der Waals surface area contributed by atoms with Crippen LogP contribution in [-0.2, 0) is 9.47 Å². The van der Waals surface area contributed by atoms with Crippen LogP contribution in [0, 0.1) is 11.8 Å². The highest BCUT2D eigenvalue weighted by molar-refractivity contribution is 5.67. The Hall–Kier alpha value is -0.770. The van der Waals surface area contributed by atoms with Gasteiger partial charge in [-0.1, -0.05) is 0 Å². The van der Waals surface area contributed by atoms with E-state index in [-0.39, 0.29) is 6.09 Å². The standard InChI is InChI=1S/C9H15NO3/c11-9-10-5-8(6-13-9)7-1-3-12-4-2-7/h7-8H,1-6H2,(H,10,11). The van der Waals surface area contributed by atoms with E-state index in [9.17, 15) is 4.79 Å². The van der Waals surface area contributed by atoms with Gasteiger partial charge < -0.3 is 14.8 Å². The van der Waals surface area contributed by atoms with Gasteiger partial charge in [-0.05, 0) is 18.8 Å². The number of rotatable bonds is 1. The first-order valence-corrected chi connectivity index (χ1v) is 4.84. The van der Waals surface area contributed by atoms with E-state index in [0.717, 1.165) is 32.6 Å². The van der Waals surface area contributed by atoms with Crippen LogP contribution in [0.3, 0.4) is 0 Å². The lowest BCUT2D eigenvalue weighted by Crippen LogP contribution is -2.43. The number of cyclic esters (lactones) is 1. The number of hydrogen-bond donors (Lipinski definition) is 1. The molecular formula is C9H15NO3. The molecule has 0 radical (unpaired) electrons. The van der Waals surface area contributed by atoms with Crippen LogP contribution in [-0.4, -0.2) is 32.5 Å². The Morgan fingerprint density at radius 1 is 1.23 bits per heavy atom. The van der Waals surface area contributed by atoms with E-state index >= 15 is 0 Å². The zero-order valence-corrected chi connectivity index (χ0v) is 7.62. The van der Waals surface area contributed by atoms with Gasteiger partial charge in [0.1, 0.15) is 0 Å². The maximum absolute atomic E-state index is 10.7. The van der Waals surface area contributed by atoms with E-state index in [4.69, 9.17) is 9.47 Å². The second-order valence-electron chi connectivity index (χ2n) is 3.69. The first kappa shape index (κ1) is 8.81. The van der Waals surface area contributed by atoms with Crippen LogP contribution in [0.5, 0.6) is 0 Å². The van der Waals surface area contributed by atoms with E-state index in [1.165, 1.54) is 0 Å². The maximum Gasteiger partial charge on any atom is 0.407 e. The Kier molecular flexibility index (Phi) is 2.68. The lowest BCUT2D eigenvalue weighted by atomic mass is 9.86.